The van der Waals surface area contributed by atoms with E-state index in [4.69, 9.17) is 23.2 Å². The van der Waals surface area contributed by atoms with E-state index in [2.05, 4.69) is 15.6 Å². The predicted molar refractivity (Wildman–Crippen MR) is 104 cm³/mol. The van der Waals surface area contributed by atoms with Crippen molar-refractivity contribution < 1.29 is 4.79 Å². The fourth-order valence-corrected chi connectivity index (χ4v) is 2.90. The van der Waals surface area contributed by atoms with E-state index in [0.717, 1.165) is 11.3 Å². The summed E-state index contributed by atoms with van der Waals surface area (Å²) in [5.41, 5.74) is 5.37. The predicted octanol–water partition coefficient (Wildman–Crippen LogP) is 4.31. The van der Waals surface area contributed by atoms with Crippen molar-refractivity contribution in [3.05, 3.63) is 87.2 Å². The van der Waals surface area contributed by atoms with E-state index >= 15 is 0 Å². The molecule has 0 saturated heterocycles. The van der Waals surface area contributed by atoms with Crippen LogP contribution in [0.3, 0.4) is 0 Å². The van der Waals surface area contributed by atoms with Gasteiger partial charge < -0.3 is 0 Å². The molecule has 3 aromatic rings. The fourth-order valence-electron chi connectivity index (χ4n) is 2.42. The molecule has 1 heterocycles. The molecule has 3 rings (SSSR count). The Morgan fingerprint density at radius 2 is 1.96 bits per heavy atom. The number of hydrogen-bond acceptors (Lipinski definition) is 3. The Labute approximate surface area is 161 Å². The molecule has 132 valence electrons. The van der Waals surface area contributed by atoms with Crippen LogP contribution in [0.4, 0.5) is 0 Å². The van der Waals surface area contributed by atoms with Gasteiger partial charge in [-0.05, 0) is 30.7 Å². The summed E-state index contributed by atoms with van der Waals surface area (Å²) < 4.78 is 1.70. The molecule has 2 aromatic carbocycles. The van der Waals surface area contributed by atoms with Crippen LogP contribution >= 0.6 is 23.2 Å². The second-order valence-corrected chi connectivity index (χ2v) is 6.44. The quantitative estimate of drug-likeness (QED) is 0.524. The number of benzene rings is 2. The molecule has 0 radical (unpaired) electrons. The standard InChI is InChI=1S/C19H16Cl2N4O/c1-13-17(11-22-23-19(26)15-8-5-9-16(20)10-15)18(21)25(24-13)12-14-6-3-2-4-7-14/h2-11H,12H2,1H3,(H,23,26)/b22-11-. The average molecular weight is 387 g/mol. The van der Waals surface area contributed by atoms with Crippen LogP contribution in [0.2, 0.25) is 10.2 Å². The van der Waals surface area contributed by atoms with E-state index in [1.165, 1.54) is 6.21 Å². The zero-order valence-corrected chi connectivity index (χ0v) is 15.5. The van der Waals surface area contributed by atoms with Crippen molar-refractivity contribution >= 4 is 35.3 Å². The lowest BCUT2D eigenvalue weighted by atomic mass is 10.2. The zero-order valence-electron chi connectivity index (χ0n) is 14.0. The van der Waals surface area contributed by atoms with Crippen molar-refractivity contribution in [2.45, 2.75) is 13.5 Å². The largest absolute Gasteiger partial charge is 0.271 e. The first kappa shape index (κ1) is 18.2. The van der Waals surface area contributed by atoms with Crippen molar-refractivity contribution in [2.75, 3.05) is 0 Å². The van der Waals surface area contributed by atoms with Gasteiger partial charge in [-0.2, -0.15) is 10.2 Å². The maximum absolute atomic E-state index is 12.1. The Hall–Kier alpha value is -2.63. The molecule has 1 amide bonds. The number of nitrogens with one attached hydrogen (secondary N) is 1. The van der Waals surface area contributed by atoms with Gasteiger partial charge in [-0.3, -0.25) is 4.79 Å². The number of amides is 1. The minimum absolute atomic E-state index is 0.353. The molecular weight excluding hydrogens is 371 g/mol. The highest BCUT2D eigenvalue weighted by Gasteiger charge is 2.12. The minimum atomic E-state index is -0.353. The second-order valence-electron chi connectivity index (χ2n) is 5.64. The minimum Gasteiger partial charge on any atom is -0.267 e. The van der Waals surface area contributed by atoms with Gasteiger partial charge in [-0.15, -0.1) is 0 Å². The molecule has 5 nitrogen and oxygen atoms in total. The van der Waals surface area contributed by atoms with Crippen LogP contribution in [0, 0.1) is 6.92 Å². The highest BCUT2D eigenvalue weighted by Crippen LogP contribution is 2.19. The summed E-state index contributed by atoms with van der Waals surface area (Å²) in [7, 11) is 0. The molecule has 7 heteroatoms. The van der Waals surface area contributed by atoms with Gasteiger partial charge in [0.25, 0.3) is 5.91 Å². The summed E-state index contributed by atoms with van der Waals surface area (Å²) >= 11 is 12.3. The van der Waals surface area contributed by atoms with E-state index in [1.807, 2.05) is 37.3 Å². The summed E-state index contributed by atoms with van der Waals surface area (Å²) in [6.45, 7) is 2.40. The van der Waals surface area contributed by atoms with Crippen LogP contribution in [0.5, 0.6) is 0 Å². The van der Waals surface area contributed by atoms with Gasteiger partial charge in [0, 0.05) is 10.6 Å². The van der Waals surface area contributed by atoms with Crippen molar-refractivity contribution in [1.29, 1.82) is 0 Å². The van der Waals surface area contributed by atoms with Crippen LogP contribution in [-0.4, -0.2) is 21.9 Å². The highest BCUT2D eigenvalue weighted by molar-refractivity contribution is 6.32. The first-order chi connectivity index (χ1) is 12.5. The number of carbonyl (C=O) groups is 1. The Bertz CT molecular complexity index is 951. The lowest BCUT2D eigenvalue weighted by molar-refractivity contribution is 0.0955. The van der Waals surface area contributed by atoms with Crippen LogP contribution in [0.1, 0.15) is 27.2 Å². The van der Waals surface area contributed by atoms with Crippen LogP contribution in [0.25, 0.3) is 0 Å². The van der Waals surface area contributed by atoms with Crippen LogP contribution in [0.15, 0.2) is 59.7 Å². The number of aromatic nitrogens is 2. The number of carbonyl (C=O) groups excluding carboxylic acids is 1. The molecular formula is C19H16Cl2N4O. The fraction of sp³-hybridized carbons (Fsp3) is 0.105. The maximum Gasteiger partial charge on any atom is 0.271 e. The molecule has 0 atom stereocenters. The van der Waals surface area contributed by atoms with E-state index in [-0.39, 0.29) is 5.91 Å². The number of aryl methyl sites for hydroxylation is 1. The molecule has 0 unspecified atom stereocenters. The third-order valence-corrected chi connectivity index (χ3v) is 4.36. The van der Waals surface area contributed by atoms with Gasteiger partial charge in [-0.25, -0.2) is 10.1 Å². The topological polar surface area (TPSA) is 59.3 Å². The molecule has 0 aliphatic rings. The Kier molecular flexibility index (Phi) is 5.71. The monoisotopic (exact) mass is 386 g/mol. The normalized spacial score (nSPS) is 11.0. The number of rotatable bonds is 5. The van der Waals surface area contributed by atoms with Gasteiger partial charge in [0.2, 0.25) is 0 Å². The van der Waals surface area contributed by atoms with Crippen LogP contribution < -0.4 is 5.43 Å². The number of hydrogen-bond donors (Lipinski definition) is 1. The molecule has 0 aliphatic heterocycles. The molecule has 26 heavy (non-hydrogen) atoms. The summed E-state index contributed by atoms with van der Waals surface area (Å²) in [5, 5.41) is 9.37. The second kappa shape index (κ2) is 8.17. The summed E-state index contributed by atoms with van der Waals surface area (Å²) in [4.78, 5) is 12.1. The molecule has 0 spiro atoms. The zero-order chi connectivity index (χ0) is 18.5. The Morgan fingerprint density at radius 3 is 2.69 bits per heavy atom. The van der Waals surface area contributed by atoms with Gasteiger partial charge in [0.1, 0.15) is 5.15 Å². The molecule has 0 bridgehead atoms. The molecule has 0 saturated carbocycles. The number of nitrogens with zero attached hydrogens (tertiary/aromatic N) is 3. The Balaban J connectivity index is 1.71. The summed E-state index contributed by atoms with van der Waals surface area (Å²) in [6.07, 6.45) is 1.49. The summed E-state index contributed by atoms with van der Waals surface area (Å²) in [6, 6.07) is 16.5. The molecule has 0 fully saturated rings. The molecule has 0 aliphatic carbocycles. The highest BCUT2D eigenvalue weighted by atomic mass is 35.5. The summed E-state index contributed by atoms with van der Waals surface area (Å²) in [5.74, 6) is -0.353. The van der Waals surface area contributed by atoms with Gasteiger partial charge >= 0.3 is 0 Å². The lowest BCUT2D eigenvalue weighted by Crippen LogP contribution is -2.17. The van der Waals surface area contributed by atoms with Gasteiger partial charge in [0.15, 0.2) is 0 Å². The van der Waals surface area contributed by atoms with E-state index < -0.39 is 0 Å². The van der Waals surface area contributed by atoms with E-state index in [9.17, 15) is 4.79 Å². The van der Waals surface area contributed by atoms with Crippen LogP contribution in [-0.2, 0) is 6.54 Å². The first-order valence-corrected chi connectivity index (χ1v) is 8.66. The van der Waals surface area contributed by atoms with Gasteiger partial charge in [0.05, 0.1) is 24.0 Å². The van der Waals surface area contributed by atoms with E-state index in [0.29, 0.717) is 27.8 Å². The third-order valence-electron chi connectivity index (χ3n) is 3.73. The maximum atomic E-state index is 12.1. The smallest absolute Gasteiger partial charge is 0.267 e. The number of hydrazone groups is 1. The first-order valence-electron chi connectivity index (χ1n) is 7.90. The SMILES string of the molecule is Cc1nn(Cc2ccccc2)c(Cl)c1/C=N\NC(=O)c1cccc(Cl)c1. The van der Waals surface area contributed by atoms with Crippen molar-refractivity contribution in [3.8, 4) is 0 Å². The third kappa shape index (κ3) is 4.31. The molecule has 1 N–H and O–H groups in total. The number of halogens is 2. The average Bonchev–Trinajstić information content (AvgIpc) is 2.90. The molecule has 1 aromatic heterocycles. The van der Waals surface area contributed by atoms with Gasteiger partial charge in [-0.1, -0.05) is 59.6 Å². The van der Waals surface area contributed by atoms with Crippen molar-refractivity contribution in [2.24, 2.45) is 5.10 Å². The van der Waals surface area contributed by atoms with Crippen molar-refractivity contribution in [1.82, 2.24) is 15.2 Å². The van der Waals surface area contributed by atoms with E-state index in [1.54, 1.807) is 28.9 Å². The Morgan fingerprint density at radius 1 is 1.19 bits per heavy atom. The lowest BCUT2D eigenvalue weighted by Gasteiger charge is -2.03. The van der Waals surface area contributed by atoms with Crippen molar-refractivity contribution in [3.63, 3.8) is 0 Å².